The van der Waals surface area contributed by atoms with E-state index in [0.29, 0.717) is 0 Å². The zero-order chi connectivity index (χ0) is 16.5. The van der Waals surface area contributed by atoms with Crippen molar-refractivity contribution < 1.29 is 9.90 Å². The minimum atomic E-state index is -0.698. The summed E-state index contributed by atoms with van der Waals surface area (Å²) in [6.07, 6.45) is 22.3. The quantitative estimate of drug-likeness (QED) is 0.276. The molecular formula is C20H36O2. The Morgan fingerprint density at radius 1 is 0.864 bits per heavy atom. The molecule has 0 aliphatic carbocycles. The van der Waals surface area contributed by atoms with Gasteiger partial charge in [-0.3, -0.25) is 4.79 Å². The van der Waals surface area contributed by atoms with Crippen LogP contribution < -0.4 is 0 Å². The van der Waals surface area contributed by atoms with Gasteiger partial charge >= 0.3 is 5.97 Å². The molecule has 0 rings (SSSR count). The van der Waals surface area contributed by atoms with Gasteiger partial charge in [0, 0.05) is 6.42 Å². The molecule has 2 heteroatoms. The van der Waals surface area contributed by atoms with Gasteiger partial charge in [0.05, 0.1) is 0 Å². The van der Waals surface area contributed by atoms with Crippen molar-refractivity contribution in [1.29, 1.82) is 0 Å². The molecule has 1 atom stereocenters. The molecule has 128 valence electrons. The lowest BCUT2D eigenvalue weighted by molar-refractivity contribution is -0.137. The molecule has 0 spiro atoms. The fourth-order valence-electron chi connectivity index (χ4n) is 2.35. The molecule has 0 fully saturated rings. The molecule has 0 radical (unpaired) electrons. The monoisotopic (exact) mass is 308 g/mol. The number of aliphatic carboxylic acids is 1. The molecule has 0 amide bonds. The van der Waals surface area contributed by atoms with E-state index >= 15 is 0 Å². The third kappa shape index (κ3) is 17.0. The first kappa shape index (κ1) is 20.9. The smallest absolute Gasteiger partial charge is 0.303 e. The Kier molecular flexibility index (Phi) is 15.5. The van der Waals surface area contributed by atoms with Gasteiger partial charge < -0.3 is 5.11 Å². The highest BCUT2D eigenvalue weighted by molar-refractivity contribution is 5.66. The van der Waals surface area contributed by atoms with Gasteiger partial charge in [-0.1, -0.05) is 70.3 Å². The Balaban J connectivity index is 3.24. The SMILES string of the molecule is CCC(C)CCCCCCC=CCCC=CCCCC(=O)O. The van der Waals surface area contributed by atoms with Crippen molar-refractivity contribution in [1.82, 2.24) is 0 Å². The van der Waals surface area contributed by atoms with Crippen LogP contribution in [0.3, 0.4) is 0 Å². The zero-order valence-corrected chi connectivity index (χ0v) is 14.7. The number of carboxylic acids is 1. The molecule has 0 aromatic rings. The summed E-state index contributed by atoms with van der Waals surface area (Å²) in [5.41, 5.74) is 0. The zero-order valence-electron chi connectivity index (χ0n) is 14.7. The lowest BCUT2D eigenvalue weighted by Gasteiger charge is -2.06. The van der Waals surface area contributed by atoms with E-state index in [2.05, 4.69) is 38.2 Å². The molecule has 0 bridgehead atoms. The average molecular weight is 309 g/mol. The number of unbranched alkanes of at least 4 members (excludes halogenated alkanes) is 6. The van der Waals surface area contributed by atoms with Crippen LogP contribution in [-0.2, 0) is 4.79 Å². The molecule has 0 aromatic heterocycles. The summed E-state index contributed by atoms with van der Waals surface area (Å²) in [6.45, 7) is 4.63. The van der Waals surface area contributed by atoms with Crippen molar-refractivity contribution in [3.8, 4) is 0 Å². The minimum Gasteiger partial charge on any atom is -0.481 e. The highest BCUT2D eigenvalue weighted by atomic mass is 16.4. The molecule has 0 saturated heterocycles. The Labute approximate surface area is 137 Å². The summed E-state index contributed by atoms with van der Waals surface area (Å²) in [6, 6.07) is 0. The van der Waals surface area contributed by atoms with Crippen LogP contribution in [0.2, 0.25) is 0 Å². The highest BCUT2D eigenvalue weighted by Gasteiger charge is 1.97. The van der Waals surface area contributed by atoms with Crippen LogP contribution >= 0.6 is 0 Å². The van der Waals surface area contributed by atoms with Crippen molar-refractivity contribution in [2.45, 2.75) is 90.9 Å². The number of allylic oxidation sites excluding steroid dienone is 4. The molecule has 2 nitrogen and oxygen atoms in total. The van der Waals surface area contributed by atoms with E-state index in [0.717, 1.165) is 31.6 Å². The normalized spacial score (nSPS) is 13.2. The molecule has 0 aliphatic rings. The van der Waals surface area contributed by atoms with E-state index in [1.807, 2.05) is 0 Å². The van der Waals surface area contributed by atoms with E-state index in [1.54, 1.807) is 0 Å². The van der Waals surface area contributed by atoms with Crippen molar-refractivity contribution >= 4 is 5.97 Å². The molecule has 0 heterocycles. The lowest BCUT2D eigenvalue weighted by Crippen LogP contribution is -1.92. The maximum atomic E-state index is 10.3. The Morgan fingerprint density at radius 2 is 1.41 bits per heavy atom. The number of hydrogen-bond acceptors (Lipinski definition) is 1. The third-order valence-corrected chi connectivity index (χ3v) is 4.11. The number of carbonyl (C=O) groups is 1. The summed E-state index contributed by atoms with van der Waals surface area (Å²) in [5.74, 6) is 0.202. The molecule has 0 aromatic carbocycles. The number of rotatable bonds is 15. The second kappa shape index (κ2) is 16.3. The summed E-state index contributed by atoms with van der Waals surface area (Å²) in [5, 5.41) is 8.51. The van der Waals surface area contributed by atoms with Crippen molar-refractivity contribution in [2.75, 3.05) is 0 Å². The lowest BCUT2D eigenvalue weighted by atomic mass is 10.00. The Hall–Kier alpha value is -1.05. The van der Waals surface area contributed by atoms with Gasteiger partial charge in [0.1, 0.15) is 0 Å². The van der Waals surface area contributed by atoms with Crippen molar-refractivity contribution in [2.24, 2.45) is 5.92 Å². The summed E-state index contributed by atoms with van der Waals surface area (Å²) >= 11 is 0. The summed E-state index contributed by atoms with van der Waals surface area (Å²) < 4.78 is 0. The molecule has 0 aliphatic heterocycles. The first-order valence-corrected chi connectivity index (χ1v) is 9.18. The highest BCUT2D eigenvalue weighted by Crippen LogP contribution is 2.13. The maximum absolute atomic E-state index is 10.3. The maximum Gasteiger partial charge on any atom is 0.303 e. The first-order valence-electron chi connectivity index (χ1n) is 9.18. The van der Waals surface area contributed by atoms with E-state index in [4.69, 9.17) is 5.11 Å². The average Bonchev–Trinajstić information content (AvgIpc) is 2.50. The fourth-order valence-corrected chi connectivity index (χ4v) is 2.35. The van der Waals surface area contributed by atoms with Crippen LogP contribution in [-0.4, -0.2) is 11.1 Å². The van der Waals surface area contributed by atoms with Crippen LogP contribution in [0.1, 0.15) is 90.9 Å². The summed E-state index contributed by atoms with van der Waals surface area (Å²) in [4.78, 5) is 10.3. The van der Waals surface area contributed by atoms with Crippen LogP contribution in [0.5, 0.6) is 0 Å². The van der Waals surface area contributed by atoms with Gasteiger partial charge in [-0.05, 0) is 44.4 Å². The summed E-state index contributed by atoms with van der Waals surface area (Å²) in [7, 11) is 0. The van der Waals surface area contributed by atoms with E-state index < -0.39 is 5.97 Å². The standard InChI is InChI=1S/C20H36O2/c1-3-19(2)17-15-13-11-9-7-5-4-6-8-10-12-14-16-18-20(21)22/h4-5,10,12,19H,3,6-9,11,13-18H2,1-2H3,(H,21,22). The Bertz CT molecular complexity index is 305. The fraction of sp³-hybridized carbons (Fsp3) is 0.750. The van der Waals surface area contributed by atoms with Gasteiger partial charge in [-0.15, -0.1) is 0 Å². The van der Waals surface area contributed by atoms with E-state index in [-0.39, 0.29) is 6.42 Å². The molecule has 1 unspecified atom stereocenters. The molecule has 0 saturated carbocycles. The van der Waals surface area contributed by atoms with E-state index in [9.17, 15) is 4.79 Å². The third-order valence-electron chi connectivity index (χ3n) is 4.11. The first-order chi connectivity index (χ1) is 10.7. The van der Waals surface area contributed by atoms with Crippen LogP contribution in [0.25, 0.3) is 0 Å². The minimum absolute atomic E-state index is 0.279. The van der Waals surface area contributed by atoms with E-state index in [1.165, 1.54) is 44.9 Å². The van der Waals surface area contributed by atoms with Crippen LogP contribution in [0.4, 0.5) is 0 Å². The number of hydrogen-bond donors (Lipinski definition) is 1. The van der Waals surface area contributed by atoms with Gasteiger partial charge in [0.25, 0.3) is 0 Å². The second-order valence-corrected chi connectivity index (χ2v) is 6.31. The van der Waals surface area contributed by atoms with Gasteiger partial charge in [0.2, 0.25) is 0 Å². The van der Waals surface area contributed by atoms with Crippen LogP contribution in [0.15, 0.2) is 24.3 Å². The van der Waals surface area contributed by atoms with Gasteiger partial charge in [-0.25, -0.2) is 0 Å². The largest absolute Gasteiger partial charge is 0.481 e. The predicted octanol–water partition coefficient (Wildman–Crippen LogP) is 6.52. The predicted molar refractivity (Wildman–Crippen MR) is 96.2 cm³/mol. The molecule has 1 N–H and O–H groups in total. The van der Waals surface area contributed by atoms with Gasteiger partial charge in [0.15, 0.2) is 0 Å². The van der Waals surface area contributed by atoms with Crippen LogP contribution in [0, 0.1) is 5.92 Å². The van der Waals surface area contributed by atoms with Crippen molar-refractivity contribution in [3.63, 3.8) is 0 Å². The topological polar surface area (TPSA) is 37.3 Å². The van der Waals surface area contributed by atoms with Crippen molar-refractivity contribution in [3.05, 3.63) is 24.3 Å². The Morgan fingerprint density at radius 3 is 2.00 bits per heavy atom. The second-order valence-electron chi connectivity index (χ2n) is 6.31. The molecule has 22 heavy (non-hydrogen) atoms. The molecular weight excluding hydrogens is 272 g/mol. The number of carboxylic acid groups (broad SMARTS) is 1. The van der Waals surface area contributed by atoms with Gasteiger partial charge in [-0.2, -0.15) is 0 Å².